The Labute approximate surface area is 185 Å². The number of hydrogen-bond donors (Lipinski definition) is 1. The maximum atomic E-state index is 6.86. The maximum absolute atomic E-state index is 6.86. The second-order valence-corrected chi connectivity index (χ2v) is 0.100. The Hall–Kier alpha value is 5.86. The fraction of sp³-hybridized carbons (Fsp3) is 0. The van der Waals surface area contributed by atoms with Crippen LogP contribution in [0.15, 0.2) is 0 Å². The molecule has 0 radical (unpaired) electrons. The van der Waals surface area contributed by atoms with Gasteiger partial charge in [-0.3, -0.25) is 0 Å². The minimum atomic E-state index is -0.0925. The second kappa shape index (κ2) is 108. The molecule has 2 nitrogen and oxygen atoms in total. The van der Waals surface area contributed by atoms with Gasteiger partial charge in [-0.05, 0) is 5.01 Å². The summed E-state index contributed by atoms with van der Waals surface area (Å²) in [5.74, 6) is 0. The van der Waals surface area contributed by atoms with Gasteiger partial charge in [-0.1, -0.05) is 0 Å². The Bertz CT molecular complexity index is 95.2. The van der Waals surface area contributed by atoms with Crippen LogP contribution in [0.5, 0.6) is 0 Å². The second-order valence-electron chi connectivity index (χ2n) is 0.100. The van der Waals surface area contributed by atoms with E-state index in [0.29, 0.717) is 0 Å². The van der Waals surface area contributed by atoms with Crippen LogP contribution in [-0.4, -0.2) is 9.60 Å². The molecule has 12 heteroatoms. The van der Waals surface area contributed by atoms with Gasteiger partial charge >= 0.3 is 174 Å². The normalized spacial score (nSPS) is 6.31. The largest absolute Gasteiger partial charge is 0.213 e. The average molecular weight is 947 g/mol. The van der Waals surface area contributed by atoms with Crippen molar-refractivity contribution in [1.82, 2.24) is 0 Å². The van der Waals surface area contributed by atoms with E-state index in [9.17, 15) is 0 Å². The van der Waals surface area contributed by atoms with E-state index in [1.54, 1.807) is 5.01 Å². The molecule has 0 aromatic carbocycles. The molecular weight excluding hydrogens is 931 g/mol. The van der Waals surface area contributed by atoms with Gasteiger partial charge in [0.1, 0.15) is 0 Å². The fourth-order valence-electron chi connectivity index (χ4n) is 0. The number of hydrogen-bond acceptors (Lipinski definition) is 1. The molecule has 0 aromatic heterocycles. The van der Waals surface area contributed by atoms with Crippen LogP contribution in [0, 0.1) is 6.57 Å². The number of rotatable bonds is 0. The first-order chi connectivity index (χ1) is 8.49. The predicted octanol–water partition coefficient (Wildman–Crippen LogP) is 3.37. The minimum Gasteiger partial charge on any atom is -0.213 e. The Kier molecular flexibility index (Phi) is 156. The zero-order valence-corrected chi connectivity index (χ0v) is 23.3. The van der Waals surface area contributed by atoms with E-state index >= 15 is 0 Å². The van der Waals surface area contributed by atoms with E-state index in [1.165, 1.54) is 0 Å². The summed E-state index contributed by atoms with van der Waals surface area (Å²) in [7, 11) is 0. The van der Waals surface area contributed by atoms with Gasteiger partial charge in [0.15, 0.2) is 0 Å². The molecule has 0 heterocycles. The van der Waals surface area contributed by atoms with E-state index < -0.39 is 0 Å². The molecule has 13 heavy (non-hydrogen) atoms. The third-order valence-corrected chi connectivity index (χ3v) is 0. The molecule has 0 aliphatic heterocycles. The Balaban J connectivity index is -0.0000000240. The van der Waals surface area contributed by atoms with E-state index in [1.807, 2.05) is 99.9 Å². The van der Waals surface area contributed by atoms with Gasteiger partial charge < -0.3 is 0 Å². The molecule has 0 unspecified atom stereocenters. The van der Waals surface area contributed by atoms with Crippen molar-refractivity contribution in [3.8, 4) is 0 Å². The molecule has 0 aromatic rings. The van der Waals surface area contributed by atoms with Crippen LogP contribution in [0.25, 0.3) is 5.01 Å². The number of nitrogens with zero attached hydrogens (tertiary/aromatic N) is 1. The standard InChI is InChI=1S/CHNO.5HI.5V.5H/c1-2-3;;;;;;;;;;;;;;;/h3H;5*1H;;;;;;;;;;/q;;;;;;5*+1;;;;;/p-5/i;;;;;;;;;;;5*1+2. The van der Waals surface area contributed by atoms with E-state index in [0.717, 1.165) is 0 Å². The maximum Gasteiger partial charge on any atom is -0.0387 e. The van der Waals surface area contributed by atoms with Gasteiger partial charge in [-0.15, -0.1) is 0 Å². The Morgan fingerprint density at radius 2 is 0.923 bits per heavy atom. The Morgan fingerprint density at radius 3 is 0.923 bits per heavy atom. The summed E-state index contributed by atoms with van der Waals surface area (Å²) in [6.07, 6.45) is 0. The first-order valence-electron chi connectivity index (χ1n) is 3.50. The molecule has 0 saturated carbocycles. The van der Waals surface area contributed by atoms with Crippen LogP contribution in [-0.2, 0) is 69.3 Å². The predicted molar refractivity (Wildman–Crippen MR) is 85.5 cm³/mol. The van der Waals surface area contributed by atoms with Crippen molar-refractivity contribution in [2.45, 2.75) is 0 Å². The molecule has 0 bridgehead atoms. The summed E-state index contributed by atoms with van der Waals surface area (Å²) in [5, 5.41) is 8.61. The van der Waals surface area contributed by atoms with Gasteiger partial charge in [-0.2, -0.15) is 6.57 Å². The first kappa shape index (κ1) is 18.9. The van der Waals surface area contributed by atoms with E-state index in [4.69, 9.17) is 16.2 Å². The van der Waals surface area contributed by atoms with Crippen LogP contribution >= 0.6 is 99.9 Å². The molecule has 0 saturated heterocycles. The average Bonchev–Trinajstić information content (AvgIpc) is 2.23. The third-order valence-electron chi connectivity index (χ3n) is 0. The third kappa shape index (κ3) is 131. The summed E-state index contributed by atoms with van der Waals surface area (Å²) in [4.78, 5) is 0. The van der Waals surface area contributed by atoms with Crippen molar-refractivity contribution in [3.05, 3.63) is 11.6 Å². The SMILES string of the molecule is [3H][V][I].[3H][V][I].[3H][V][I].[3H][V][I].[3H][V][I].[C-]#[N+]O. The van der Waals surface area contributed by atoms with Crippen molar-refractivity contribution < 1.29 is 74.5 Å². The monoisotopic (exact) mass is 947 g/mol. The van der Waals surface area contributed by atoms with Crippen molar-refractivity contribution in [1.29, 1.82) is 4.40 Å². The zero-order chi connectivity index (χ0) is 16.2. The van der Waals surface area contributed by atoms with E-state index in [-0.39, 0.29) is 69.3 Å². The van der Waals surface area contributed by atoms with Gasteiger partial charge in [0.25, 0.3) is 0 Å². The van der Waals surface area contributed by atoms with Gasteiger partial charge in [-0.25, -0.2) is 5.21 Å². The smallest absolute Gasteiger partial charge is 0.0387 e. The molecule has 0 aliphatic rings. The van der Waals surface area contributed by atoms with Crippen molar-refractivity contribution in [2.75, 3.05) is 0 Å². The van der Waals surface area contributed by atoms with E-state index in [2.05, 4.69) is 0 Å². The topological polar surface area (TPSA) is 24.6 Å². The van der Waals surface area contributed by atoms with Crippen molar-refractivity contribution in [3.63, 3.8) is 0 Å². The van der Waals surface area contributed by atoms with Crippen molar-refractivity contribution >= 4 is 99.9 Å². The molecule has 0 spiro atoms. The summed E-state index contributed by atoms with van der Waals surface area (Å²) in [6.45, 7) is 5.39. The molecular formula is CH6I5NOV5. The van der Waals surface area contributed by atoms with Gasteiger partial charge in [0, 0.05) is 0 Å². The molecule has 0 aliphatic carbocycles. The summed E-state index contributed by atoms with van der Waals surface area (Å²) in [5.41, 5.74) is 0. The van der Waals surface area contributed by atoms with Crippen LogP contribution in [0.3, 0.4) is 0 Å². The van der Waals surface area contributed by atoms with Crippen LogP contribution < -0.4 is 0 Å². The van der Waals surface area contributed by atoms with Crippen molar-refractivity contribution in [2.24, 2.45) is 0 Å². The minimum absolute atomic E-state index is 0.0925. The molecule has 0 atom stereocenters. The van der Waals surface area contributed by atoms with Crippen LogP contribution in [0.4, 0.5) is 0 Å². The van der Waals surface area contributed by atoms with Crippen LogP contribution in [0.2, 0.25) is 0 Å². The quantitative estimate of drug-likeness (QED) is 0.225. The molecule has 0 rings (SSSR count). The first-order valence-corrected chi connectivity index (χ1v) is 23.8. The molecule has 81 valence electrons. The summed E-state index contributed by atoms with van der Waals surface area (Å²) < 4.78 is 31.4. The number of halogens is 5. The summed E-state index contributed by atoms with van der Waals surface area (Å²) in [6, 6.07) is 0. The summed E-state index contributed by atoms with van der Waals surface area (Å²) >= 11 is 9.78. The van der Waals surface area contributed by atoms with Gasteiger partial charge in [0.05, 0.1) is 0 Å². The Morgan fingerprint density at radius 1 is 0.923 bits per heavy atom. The molecule has 1 N–H and O–H groups in total. The fourth-order valence-corrected chi connectivity index (χ4v) is 0. The molecule has 0 fully saturated rings. The zero-order valence-electron chi connectivity index (χ0n) is 10.5. The van der Waals surface area contributed by atoms with Gasteiger partial charge in [0.2, 0.25) is 0 Å². The molecule has 0 amide bonds. The van der Waals surface area contributed by atoms with Crippen LogP contribution in [0.1, 0.15) is 0 Å².